The monoisotopic (exact) mass is 461 g/mol. The molecule has 0 radical (unpaired) electrons. The molecular formula is C15H32IN3OS2. The van der Waals surface area contributed by atoms with E-state index in [4.69, 9.17) is 0 Å². The maximum Gasteiger partial charge on any atom is 0.193 e. The highest BCUT2D eigenvalue weighted by Gasteiger charge is 2.25. The minimum atomic E-state index is -0.815. The average molecular weight is 461 g/mol. The molecule has 1 heterocycles. The van der Waals surface area contributed by atoms with Crippen molar-refractivity contribution in [3.8, 4) is 0 Å². The predicted octanol–water partition coefficient (Wildman–Crippen LogP) is 2.80. The van der Waals surface area contributed by atoms with Gasteiger partial charge in [0.2, 0.25) is 0 Å². The fraction of sp³-hybridized carbons (Fsp3) is 0.933. The third-order valence-electron chi connectivity index (χ3n) is 3.60. The Kier molecular flexibility index (Phi) is 10.6. The van der Waals surface area contributed by atoms with Crippen molar-refractivity contribution >= 4 is 52.5 Å². The van der Waals surface area contributed by atoms with E-state index in [1.165, 1.54) is 0 Å². The maximum absolute atomic E-state index is 12.1. The van der Waals surface area contributed by atoms with Crippen molar-refractivity contribution in [1.29, 1.82) is 0 Å². The molecule has 1 saturated heterocycles. The summed E-state index contributed by atoms with van der Waals surface area (Å²) in [6.07, 6.45) is 0. The van der Waals surface area contributed by atoms with Crippen LogP contribution in [-0.4, -0.2) is 63.3 Å². The van der Waals surface area contributed by atoms with Crippen LogP contribution in [0.3, 0.4) is 0 Å². The normalized spacial score (nSPS) is 21.5. The molecule has 7 heteroatoms. The molecule has 132 valence electrons. The predicted molar refractivity (Wildman–Crippen MR) is 112 cm³/mol. The Balaban J connectivity index is 0.00000441. The van der Waals surface area contributed by atoms with E-state index in [1.807, 2.05) is 27.8 Å². The Morgan fingerprint density at radius 2 is 2.09 bits per heavy atom. The lowest BCUT2D eigenvalue weighted by Crippen LogP contribution is -2.49. The topological polar surface area (TPSA) is 44.7 Å². The van der Waals surface area contributed by atoms with Gasteiger partial charge >= 0.3 is 0 Å². The number of hydrogen-bond acceptors (Lipinski definition) is 3. The number of thioether (sulfide) groups is 1. The van der Waals surface area contributed by atoms with E-state index in [2.05, 4.69) is 40.8 Å². The summed E-state index contributed by atoms with van der Waals surface area (Å²) in [6.45, 7) is 13.4. The standard InChI is InChI=1S/C15H31N3OS2.HI/c1-12(2)13-11-18(8-9-20-13)14(16-6)17-7-10-21(19)15(3,4)5;/h12-13H,7-11H2,1-6H3,(H,16,17);1H. The van der Waals surface area contributed by atoms with Crippen molar-refractivity contribution in [2.45, 2.75) is 44.6 Å². The zero-order valence-corrected chi connectivity index (χ0v) is 18.7. The van der Waals surface area contributed by atoms with Gasteiger partial charge in [0.15, 0.2) is 5.96 Å². The Labute approximate surface area is 160 Å². The van der Waals surface area contributed by atoms with Crippen LogP contribution >= 0.6 is 35.7 Å². The number of rotatable bonds is 4. The number of halogens is 1. The highest BCUT2D eigenvalue weighted by Crippen LogP contribution is 2.24. The van der Waals surface area contributed by atoms with Gasteiger partial charge in [-0.1, -0.05) is 13.8 Å². The second kappa shape index (κ2) is 10.4. The fourth-order valence-electron chi connectivity index (χ4n) is 2.17. The fourth-order valence-corrected chi connectivity index (χ4v) is 4.36. The van der Waals surface area contributed by atoms with Crippen LogP contribution < -0.4 is 5.32 Å². The quantitative estimate of drug-likeness (QED) is 0.397. The lowest BCUT2D eigenvalue weighted by molar-refractivity contribution is 0.382. The number of hydrogen-bond donors (Lipinski definition) is 1. The van der Waals surface area contributed by atoms with Crippen LogP contribution in [0.4, 0.5) is 0 Å². The van der Waals surface area contributed by atoms with Gasteiger partial charge < -0.3 is 10.2 Å². The Morgan fingerprint density at radius 3 is 2.59 bits per heavy atom. The molecule has 0 aliphatic carbocycles. The molecule has 2 unspecified atom stereocenters. The molecule has 4 nitrogen and oxygen atoms in total. The summed E-state index contributed by atoms with van der Waals surface area (Å²) in [6, 6.07) is 0. The first-order valence-corrected chi connectivity index (χ1v) is 10.1. The van der Waals surface area contributed by atoms with Gasteiger partial charge in [0, 0.05) is 59.0 Å². The summed E-state index contributed by atoms with van der Waals surface area (Å²) < 4.78 is 11.9. The summed E-state index contributed by atoms with van der Waals surface area (Å²) in [7, 11) is 1.01. The van der Waals surface area contributed by atoms with Crippen LogP contribution in [-0.2, 0) is 10.8 Å². The minimum absolute atomic E-state index is 0. The van der Waals surface area contributed by atoms with Gasteiger partial charge in [-0.3, -0.25) is 9.20 Å². The molecule has 0 saturated carbocycles. The molecule has 1 rings (SSSR count). The van der Waals surface area contributed by atoms with Gasteiger partial charge in [0.25, 0.3) is 0 Å². The smallest absolute Gasteiger partial charge is 0.193 e. The molecular weight excluding hydrogens is 429 g/mol. The van der Waals surface area contributed by atoms with E-state index in [9.17, 15) is 4.21 Å². The lowest BCUT2D eigenvalue weighted by atomic mass is 10.1. The van der Waals surface area contributed by atoms with Crippen LogP contribution in [0.1, 0.15) is 34.6 Å². The molecule has 0 bridgehead atoms. The van der Waals surface area contributed by atoms with Crippen LogP contribution in [0.25, 0.3) is 0 Å². The van der Waals surface area contributed by atoms with Gasteiger partial charge in [-0.15, -0.1) is 24.0 Å². The Bertz CT molecular complexity index is 383. The second-order valence-electron chi connectivity index (χ2n) is 6.74. The number of nitrogens with zero attached hydrogens (tertiary/aromatic N) is 2. The zero-order valence-electron chi connectivity index (χ0n) is 14.7. The highest BCUT2D eigenvalue weighted by molar-refractivity contribution is 14.0. The number of nitrogens with one attached hydrogen (secondary N) is 1. The van der Waals surface area contributed by atoms with Gasteiger partial charge in [-0.2, -0.15) is 11.8 Å². The van der Waals surface area contributed by atoms with E-state index in [-0.39, 0.29) is 28.7 Å². The summed E-state index contributed by atoms with van der Waals surface area (Å²) in [5.74, 6) is 3.45. The van der Waals surface area contributed by atoms with E-state index >= 15 is 0 Å². The first-order valence-electron chi connectivity index (χ1n) is 7.71. The molecule has 0 amide bonds. The van der Waals surface area contributed by atoms with E-state index < -0.39 is 10.8 Å². The third-order valence-corrected chi connectivity index (χ3v) is 7.08. The minimum Gasteiger partial charge on any atom is -0.355 e. The van der Waals surface area contributed by atoms with Crippen molar-refractivity contribution in [2.24, 2.45) is 10.9 Å². The largest absolute Gasteiger partial charge is 0.355 e. The third kappa shape index (κ3) is 7.38. The molecule has 1 aliphatic heterocycles. The maximum atomic E-state index is 12.1. The lowest BCUT2D eigenvalue weighted by Gasteiger charge is -2.36. The van der Waals surface area contributed by atoms with E-state index in [0.29, 0.717) is 23.5 Å². The first kappa shape index (κ1) is 22.5. The summed E-state index contributed by atoms with van der Waals surface area (Å²) in [4.78, 5) is 6.72. The van der Waals surface area contributed by atoms with Crippen molar-refractivity contribution in [3.05, 3.63) is 0 Å². The van der Waals surface area contributed by atoms with Crippen molar-refractivity contribution in [2.75, 3.05) is 38.2 Å². The second-order valence-corrected chi connectivity index (χ2v) is 10.4. The molecule has 0 aromatic carbocycles. The van der Waals surface area contributed by atoms with Gasteiger partial charge in [-0.05, 0) is 26.7 Å². The molecule has 1 aliphatic rings. The van der Waals surface area contributed by atoms with E-state index in [0.717, 1.165) is 24.8 Å². The van der Waals surface area contributed by atoms with Crippen LogP contribution in [0, 0.1) is 5.92 Å². The Hall–Kier alpha value is 0.500. The molecule has 1 N–H and O–H groups in total. The Morgan fingerprint density at radius 1 is 1.45 bits per heavy atom. The SMILES string of the molecule is CN=C(NCCS(=O)C(C)(C)C)N1CCSC(C(C)C)C1.I. The number of guanidine groups is 1. The molecule has 2 atom stereocenters. The van der Waals surface area contributed by atoms with Gasteiger partial charge in [-0.25, -0.2) is 0 Å². The highest BCUT2D eigenvalue weighted by atomic mass is 127. The van der Waals surface area contributed by atoms with Crippen LogP contribution in [0.2, 0.25) is 0 Å². The van der Waals surface area contributed by atoms with Crippen molar-refractivity contribution in [1.82, 2.24) is 10.2 Å². The van der Waals surface area contributed by atoms with Crippen LogP contribution in [0.15, 0.2) is 4.99 Å². The number of aliphatic imine (C=N–C) groups is 1. The molecule has 22 heavy (non-hydrogen) atoms. The van der Waals surface area contributed by atoms with Gasteiger partial charge in [0.1, 0.15) is 0 Å². The van der Waals surface area contributed by atoms with Gasteiger partial charge in [0.05, 0.1) is 0 Å². The van der Waals surface area contributed by atoms with E-state index in [1.54, 1.807) is 0 Å². The first-order chi connectivity index (χ1) is 9.75. The molecule has 1 fully saturated rings. The molecule has 0 aromatic heterocycles. The van der Waals surface area contributed by atoms with Crippen LogP contribution in [0.5, 0.6) is 0 Å². The molecule has 0 spiro atoms. The summed E-state index contributed by atoms with van der Waals surface area (Å²) in [5, 5.41) is 4.04. The average Bonchev–Trinajstić information content (AvgIpc) is 2.42. The summed E-state index contributed by atoms with van der Waals surface area (Å²) in [5.41, 5.74) is 0. The molecule has 0 aromatic rings. The summed E-state index contributed by atoms with van der Waals surface area (Å²) >= 11 is 2.06. The van der Waals surface area contributed by atoms with Crippen molar-refractivity contribution in [3.63, 3.8) is 0 Å². The zero-order chi connectivity index (χ0) is 16.0. The van der Waals surface area contributed by atoms with Crippen molar-refractivity contribution < 1.29 is 4.21 Å².